The van der Waals surface area contributed by atoms with E-state index < -0.39 is 66.2 Å². The maximum absolute atomic E-state index is 11.9. The van der Waals surface area contributed by atoms with E-state index in [1.54, 1.807) is 20.8 Å². The molecule has 2 N–H and O–H groups in total. The lowest BCUT2D eigenvalue weighted by atomic mass is 9.96. The normalized spacial score (nSPS) is 23.4. The number of hydrogen-bond acceptors (Lipinski definition) is 11. The molecule has 1 saturated heterocycles. The first-order chi connectivity index (χ1) is 17.2. The largest absolute Gasteiger partial charge is 0.463 e. The number of rotatable bonds is 12. The standard InChI is InChI=1S/C24H40N2O11/c1-14(27)26-19-21(35-17(4)30)20(34-16(3)29)18(13-33-15(2)28)36-22(19)32-12-10-8-9-11-25-23(31)37-24(5,6)7/h18-22H,8-13H2,1-7H3,(H,25,31)(H,26,27)/t18-,19-,20-,21-,22-/m1/s1. The van der Waals surface area contributed by atoms with E-state index in [0.29, 0.717) is 25.8 Å². The molecule has 37 heavy (non-hydrogen) atoms. The Labute approximate surface area is 217 Å². The molecule has 1 fully saturated rings. The molecule has 5 atom stereocenters. The van der Waals surface area contributed by atoms with Gasteiger partial charge in [-0.1, -0.05) is 0 Å². The van der Waals surface area contributed by atoms with Crippen molar-refractivity contribution in [3.05, 3.63) is 0 Å². The van der Waals surface area contributed by atoms with Crippen LogP contribution < -0.4 is 10.6 Å². The smallest absolute Gasteiger partial charge is 0.407 e. The average molecular weight is 533 g/mol. The lowest BCUT2D eigenvalue weighted by Gasteiger charge is -2.44. The van der Waals surface area contributed by atoms with Crippen LogP contribution in [-0.4, -0.2) is 85.9 Å². The van der Waals surface area contributed by atoms with E-state index in [4.69, 9.17) is 28.4 Å². The molecule has 1 heterocycles. The van der Waals surface area contributed by atoms with Crippen molar-refractivity contribution in [3.8, 4) is 0 Å². The van der Waals surface area contributed by atoms with Crippen LogP contribution in [0.5, 0.6) is 0 Å². The quantitative estimate of drug-likeness (QED) is 0.212. The molecule has 0 unspecified atom stereocenters. The summed E-state index contributed by atoms with van der Waals surface area (Å²) >= 11 is 0. The minimum absolute atomic E-state index is 0.207. The fourth-order valence-electron chi connectivity index (χ4n) is 3.54. The van der Waals surface area contributed by atoms with Gasteiger partial charge in [-0.15, -0.1) is 0 Å². The topological polar surface area (TPSA) is 165 Å². The van der Waals surface area contributed by atoms with Gasteiger partial charge < -0.3 is 39.1 Å². The highest BCUT2D eigenvalue weighted by Crippen LogP contribution is 2.28. The van der Waals surface area contributed by atoms with E-state index in [1.807, 2.05) is 0 Å². The van der Waals surface area contributed by atoms with Gasteiger partial charge in [0.25, 0.3) is 0 Å². The Balaban J connectivity index is 2.83. The fourth-order valence-corrected chi connectivity index (χ4v) is 3.54. The Morgan fingerprint density at radius 2 is 1.46 bits per heavy atom. The van der Waals surface area contributed by atoms with E-state index in [2.05, 4.69) is 10.6 Å². The molecule has 0 bridgehead atoms. The Hall–Kier alpha value is -2.93. The Morgan fingerprint density at radius 3 is 2.00 bits per heavy atom. The van der Waals surface area contributed by atoms with Gasteiger partial charge in [0.1, 0.15) is 24.4 Å². The zero-order chi connectivity index (χ0) is 28.2. The summed E-state index contributed by atoms with van der Waals surface area (Å²) < 4.78 is 32.8. The van der Waals surface area contributed by atoms with Crippen LogP contribution in [0.2, 0.25) is 0 Å². The minimum atomic E-state index is -1.17. The van der Waals surface area contributed by atoms with E-state index in [9.17, 15) is 24.0 Å². The van der Waals surface area contributed by atoms with Crippen LogP contribution in [0.3, 0.4) is 0 Å². The van der Waals surface area contributed by atoms with Gasteiger partial charge in [0, 0.05) is 40.8 Å². The highest BCUT2D eigenvalue weighted by atomic mass is 16.7. The summed E-state index contributed by atoms with van der Waals surface area (Å²) in [5, 5.41) is 5.32. The maximum Gasteiger partial charge on any atom is 0.407 e. The van der Waals surface area contributed by atoms with E-state index in [1.165, 1.54) is 27.7 Å². The van der Waals surface area contributed by atoms with Gasteiger partial charge in [-0.05, 0) is 40.0 Å². The van der Waals surface area contributed by atoms with Gasteiger partial charge in [0.2, 0.25) is 5.91 Å². The molecule has 1 aliphatic rings. The molecule has 0 spiro atoms. The van der Waals surface area contributed by atoms with Crippen LogP contribution in [0.15, 0.2) is 0 Å². The number of unbranched alkanes of at least 4 members (excludes halogenated alkanes) is 2. The van der Waals surface area contributed by atoms with Crippen molar-refractivity contribution in [1.29, 1.82) is 0 Å². The predicted octanol–water partition coefficient (Wildman–Crippen LogP) is 1.35. The molecule has 0 aliphatic carbocycles. The van der Waals surface area contributed by atoms with E-state index >= 15 is 0 Å². The molecule has 0 aromatic heterocycles. The number of hydrogen-bond donors (Lipinski definition) is 2. The third kappa shape index (κ3) is 13.3. The number of carbonyl (C=O) groups excluding carboxylic acids is 5. The summed E-state index contributed by atoms with van der Waals surface area (Å²) in [6, 6.07) is -1.01. The highest BCUT2D eigenvalue weighted by molar-refractivity contribution is 5.73. The molecular weight excluding hydrogens is 492 g/mol. The summed E-state index contributed by atoms with van der Waals surface area (Å²) in [7, 11) is 0. The lowest BCUT2D eigenvalue weighted by Crippen LogP contribution is -2.66. The Morgan fingerprint density at radius 1 is 0.838 bits per heavy atom. The third-order valence-corrected chi connectivity index (χ3v) is 4.84. The third-order valence-electron chi connectivity index (χ3n) is 4.84. The van der Waals surface area contributed by atoms with Crippen molar-refractivity contribution in [3.63, 3.8) is 0 Å². The maximum atomic E-state index is 11.9. The molecule has 2 amide bonds. The number of amides is 2. The molecule has 0 aromatic rings. The van der Waals surface area contributed by atoms with E-state index in [0.717, 1.165) is 0 Å². The van der Waals surface area contributed by atoms with Gasteiger partial charge in [-0.2, -0.15) is 0 Å². The van der Waals surface area contributed by atoms with Crippen molar-refractivity contribution in [2.45, 2.75) is 104 Å². The summed E-state index contributed by atoms with van der Waals surface area (Å²) in [5.74, 6) is -2.40. The van der Waals surface area contributed by atoms with Crippen LogP contribution in [0.1, 0.15) is 67.7 Å². The second kappa shape index (κ2) is 15.4. The summed E-state index contributed by atoms with van der Waals surface area (Å²) in [5.41, 5.74) is -0.575. The Bertz CT molecular complexity index is 796. The lowest BCUT2D eigenvalue weighted by molar-refractivity contribution is -0.277. The first kappa shape index (κ1) is 32.1. The average Bonchev–Trinajstić information content (AvgIpc) is 2.73. The van der Waals surface area contributed by atoms with Crippen molar-refractivity contribution in [1.82, 2.24) is 10.6 Å². The molecule has 0 radical (unpaired) electrons. The van der Waals surface area contributed by atoms with Crippen molar-refractivity contribution in [2.24, 2.45) is 0 Å². The SMILES string of the molecule is CC(=O)N[C@H]1[C@H](OCCCCCNC(=O)OC(C)(C)C)O[C@H](COC(C)=O)[C@@H](OC(C)=O)[C@@H]1OC(C)=O. The second-order valence-corrected chi connectivity index (χ2v) is 9.58. The van der Waals surface area contributed by atoms with Gasteiger partial charge in [0.15, 0.2) is 18.5 Å². The second-order valence-electron chi connectivity index (χ2n) is 9.58. The summed E-state index contributed by atoms with van der Waals surface area (Å²) in [6.45, 7) is 10.5. The zero-order valence-electron chi connectivity index (χ0n) is 22.6. The fraction of sp³-hybridized carbons (Fsp3) is 0.792. The Kier molecular flexibility index (Phi) is 13.3. The molecule has 0 saturated carbocycles. The zero-order valence-corrected chi connectivity index (χ0v) is 22.6. The number of alkyl carbamates (subject to hydrolysis) is 1. The molecule has 0 aromatic carbocycles. The molecule has 1 rings (SSSR count). The molecular formula is C24H40N2O11. The molecule has 1 aliphatic heterocycles. The summed E-state index contributed by atoms with van der Waals surface area (Å²) in [4.78, 5) is 58.6. The monoisotopic (exact) mass is 532 g/mol. The van der Waals surface area contributed by atoms with Crippen LogP contribution in [0.4, 0.5) is 4.79 Å². The van der Waals surface area contributed by atoms with Crippen molar-refractivity contribution in [2.75, 3.05) is 19.8 Å². The first-order valence-corrected chi connectivity index (χ1v) is 12.2. The van der Waals surface area contributed by atoms with Crippen LogP contribution in [0, 0.1) is 0 Å². The van der Waals surface area contributed by atoms with Gasteiger partial charge in [0.05, 0.1) is 0 Å². The van der Waals surface area contributed by atoms with Crippen LogP contribution in [0.25, 0.3) is 0 Å². The van der Waals surface area contributed by atoms with Gasteiger partial charge in [-0.25, -0.2) is 4.79 Å². The van der Waals surface area contributed by atoms with Gasteiger partial charge >= 0.3 is 24.0 Å². The van der Waals surface area contributed by atoms with Gasteiger partial charge in [-0.3, -0.25) is 19.2 Å². The van der Waals surface area contributed by atoms with Crippen LogP contribution >= 0.6 is 0 Å². The number of carbonyl (C=O) groups is 5. The predicted molar refractivity (Wildman–Crippen MR) is 128 cm³/mol. The molecule has 212 valence electrons. The molecule has 13 heteroatoms. The van der Waals surface area contributed by atoms with Crippen molar-refractivity contribution < 1.29 is 52.4 Å². The van der Waals surface area contributed by atoms with Crippen molar-refractivity contribution >= 4 is 29.9 Å². The number of esters is 3. The summed E-state index contributed by atoms with van der Waals surface area (Å²) in [6.07, 6.45) is -2.99. The first-order valence-electron chi connectivity index (χ1n) is 12.2. The number of nitrogens with one attached hydrogen (secondary N) is 2. The minimum Gasteiger partial charge on any atom is -0.463 e. The highest BCUT2D eigenvalue weighted by Gasteiger charge is 2.51. The number of ether oxygens (including phenoxy) is 6. The van der Waals surface area contributed by atoms with E-state index in [-0.39, 0.29) is 13.2 Å². The van der Waals surface area contributed by atoms with Crippen LogP contribution in [-0.2, 0) is 47.6 Å². The molecule has 13 nitrogen and oxygen atoms in total.